The first-order chi connectivity index (χ1) is 11.6. The third-order valence-electron chi connectivity index (χ3n) is 4.33. The van der Waals surface area contributed by atoms with Gasteiger partial charge in [-0.1, -0.05) is 35.9 Å². The van der Waals surface area contributed by atoms with Crippen molar-refractivity contribution in [2.75, 3.05) is 18.4 Å². The number of hydrogen-bond donors (Lipinski definition) is 1. The van der Waals surface area contributed by atoms with Crippen LogP contribution < -0.4 is 5.32 Å². The van der Waals surface area contributed by atoms with Gasteiger partial charge in [-0.2, -0.15) is 0 Å². The molecule has 0 radical (unpaired) electrons. The number of rotatable bonds is 4. The molecule has 1 aliphatic rings. The summed E-state index contributed by atoms with van der Waals surface area (Å²) in [5, 5.41) is 3.47. The standard InChI is InChI=1S/C19H20ClFN2O/c20-17-5-1-2-6-18(17)22-19(24)15-4-3-11-23(13-15)12-14-7-9-16(21)10-8-14/h1-2,5-10,15H,3-4,11-13H2,(H,22,24)/t15-/m0/s1. The van der Waals surface area contributed by atoms with E-state index >= 15 is 0 Å². The lowest BCUT2D eigenvalue weighted by atomic mass is 9.96. The number of carbonyl (C=O) groups is 1. The van der Waals surface area contributed by atoms with Crippen LogP contribution in [0.25, 0.3) is 0 Å². The lowest BCUT2D eigenvalue weighted by Crippen LogP contribution is -2.40. The Hall–Kier alpha value is -1.91. The number of hydrogen-bond acceptors (Lipinski definition) is 2. The Morgan fingerprint density at radius 1 is 1.21 bits per heavy atom. The average molecular weight is 347 g/mol. The Bertz CT molecular complexity index is 705. The minimum atomic E-state index is -0.227. The van der Waals surface area contributed by atoms with Crippen molar-refractivity contribution in [3.05, 3.63) is 64.9 Å². The molecule has 1 amide bonds. The van der Waals surface area contributed by atoms with Crippen LogP contribution >= 0.6 is 11.6 Å². The van der Waals surface area contributed by atoms with Crippen molar-refractivity contribution in [3.63, 3.8) is 0 Å². The van der Waals surface area contributed by atoms with Crippen molar-refractivity contribution in [1.29, 1.82) is 0 Å². The van der Waals surface area contributed by atoms with E-state index in [0.29, 0.717) is 17.3 Å². The molecule has 1 N–H and O–H groups in total. The van der Waals surface area contributed by atoms with Gasteiger partial charge in [-0.05, 0) is 49.2 Å². The van der Waals surface area contributed by atoms with E-state index in [2.05, 4.69) is 10.2 Å². The van der Waals surface area contributed by atoms with Crippen LogP contribution in [-0.2, 0) is 11.3 Å². The summed E-state index contributed by atoms with van der Waals surface area (Å²) >= 11 is 6.10. The molecule has 1 saturated heterocycles. The lowest BCUT2D eigenvalue weighted by molar-refractivity contribution is -0.121. The first-order valence-corrected chi connectivity index (χ1v) is 8.52. The molecule has 3 nitrogen and oxygen atoms in total. The molecule has 126 valence electrons. The Balaban J connectivity index is 1.59. The maximum atomic E-state index is 13.0. The zero-order valence-corrected chi connectivity index (χ0v) is 14.1. The van der Waals surface area contributed by atoms with Crippen LogP contribution in [0.2, 0.25) is 5.02 Å². The number of amides is 1. The first-order valence-electron chi connectivity index (χ1n) is 8.14. The molecule has 0 saturated carbocycles. The molecule has 3 rings (SSSR count). The van der Waals surface area contributed by atoms with Crippen LogP contribution in [0.1, 0.15) is 18.4 Å². The van der Waals surface area contributed by atoms with E-state index < -0.39 is 0 Å². The van der Waals surface area contributed by atoms with E-state index in [1.165, 1.54) is 12.1 Å². The first kappa shape index (κ1) is 16.9. The monoisotopic (exact) mass is 346 g/mol. The van der Waals surface area contributed by atoms with E-state index in [4.69, 9.17) is 11.6 Å². The molecule has 0 unspecified atom stereocenters. The summed E-state index contributed by atoms with van der Waals surface area (Å²) in [5.74, 6) is -0.281. The molecule has 5 heteroatoms. The Labute approximate surface area is 146 Å². The van der Waals surface area contributed by atoms with Gasteiger partial charge in [-0.3, -0.25) is 9.69 Å². The molecule has 24 heavy (non-hydrogen) atoms. The van der Waals surface area contributed by atoms with Gasteiger partial charge < -0.3 is 5.32 Å². The largest absolute Gasteiger partial charge is 0.324 e. The fourth-order valence-electron chi connectivity index (χ4n) is 3.06. The Morgan fingerprint density at radius 2 is 1.96 bits per heavy atom. The van der Waals surface area contributed by atoms with Gasteiger partial charge in [0.15, 0.2) is 0 Å². The smallest absolute Gasteiger partial charge is 0.228 e. The van der Waals surface area contributed by atoms with Crippen LogP contribution in [-0.4, -0.2) is 23.9 Å². The van der Waals surface area contributed by atoms with E-state index in [0.717, 1.165) is 31.5 Å². The van der Waals surface area contributed by atoms with Crippen molar-refractivity contribution < 1.29 is 9.18 Å². The molecule has 1 heterocycles. The minimum Gasteiger partial charge on any atom is -0.324 e. The molecule has 1 atom stereocenters. The Morgan fingerprint density at radius 3 is 2.71 bits per heavy atom. The molecule has 0 bridgehead atoms. The molecule has 0 aliphatic carbocycles. The maximum Gasteiger partial charge on any atom is 0.228 e. The van der Waals surface area contributed by atoms with Gasteiger partial charge in [0.1, 0.15) is 5.82 Å². The van der Waals surface area contributed by atoms with Gasteiger partial charge in [0, 0.05) is 13.1 Å². The predicted octanol–water partition coefficient (Wildman–Crippen LogP) is 4.33. The summed E-state index contributed by atoms with van der Waals surface area (Å²) in [6.45, 7) is 2.39. The quantitative estimate of drug-likeness (QED) is 0.893. The number of piperidine rings is 1. The number of benzene rings is 2. The third-order valence-corrected chi connectivity index (χ3v) is 4.66. The van der Waals surface area contributed by atoms with Crippen LogP contribution in [0.5, 0.6) is 0 Å². The topological polar surface area (TPSA) is 32.3 Å². The second-order valence-corrected chi connectivity index (χ2v) is 6.58. The SMILES string of the molecule is O=C(Nc1ccccc1Cl)[C@H]1CCCN(Cc2ccc(F)cc2)C1. The molecule has 0 spiro atoms. The lowest BCUT2D eigenvalue weighted by Gasteiger charge is -2.32. The molecular weight excluding hydrogens is 327 g/mol. The van der Waals surface area contributed by atoms with Crippen molar-refractivity contribution in [3.8, 4) is 0 Å². The van der Waals surface area contributed by atoms with E-state index in [-0.39, 0.29) is 17.6 Å². The number of nitrogens with one attached hydrogen (secondary N) is 1. The zero-order chi connectivity index (χ0) is 16.9. The van der Waals surface area contributed by atoms with Gasteiger partial charge in [0.25, 0.3) is 0 Å². The molecule has 1 aliphatic heterocycles. The summed E-state index contributed by atoms with van der Waals surface area (Å²) in [5.41, 5.74) is 1.71. The molecular formula is C19H20ClFN2O. The highest BCUT2D eigenvalue weighted by molar-refractivity contribution is 6.33. The summed E-state index contributed by atoms with van der Waals surface area (Å²) in [7, 11) is 0. The molecule has 2 aromatic carbocycles. The maximum absolute atomic E-state index is 13.0. The number of nitrogens with zero attached hydrogens (tertiary/aromatic N) is 1. The minimum absolute atomic E-state index is 0.00639. The number of likely N-dealkylation sites (tertiary alicyclic amines) is 1. The van der Waals surface area contributed by atoms with Gasteiger partial charge in [0.05, 0.1) is 16.6 Å². The molecule has 2 aromatic rings. The van der Waals surface area contributed by atoms with Crippen molar-refractivity contribution in [2.45, 2.75) is 19.4 Å². The van der Waals surface area contributed by atoms with Gasteiger partial charge >= 0.3 is 0 Å². The highest BCUT2D eigenvalue weighted by atomic mass is 35.5. The van der Waals surface area contributed by atoms with Crippen molar-refractivity contribution in [1.82, 2.24) is 4.90 Å². The Kier molecular flexibility index (Phi) is 5.48. The van der Waals surface area contributed by atoms with Crippen LogP contribution in [0.4, 0.5) is 10.1 Å². The average Bonchev–Trinajstić information content (AvgIpc) is 2.59. The highest BCUT2D eigenvalue weighted by Gasteiger charge is 2.26. The fourth-order valence-corrected chi connectivity index (χ4v) is 3.24. The van der Waals surface area contributed by atoms with Gasteiger partial charge in [0.2, 0.25) is 5.91 Å². The zero-order valence-electron chi connectivity index (χ0n) is 13.3. The number of para-hydroxylation sites is 1. The van der Waals surface area contributed by atoms with E-state index in [1.807, 2.05) is 12.1 Å². The van der Waals surface area contributed by atoms with Gasteiger partial charge in [-0.25, -0.2) is 4.39 Å². The van der Waals surface area contributed by atoms with Crippen LogP contribution in [0, 0.1) is 11.7 Å². The normalized spacial score (nSPS) is 18.3. The highest BCUT2D eigenvalue weighted by Crippen LogP contribution is 2.24. The van der Waals surface area contributed by atoms with Crippen LogP contribution in [0.3, 0.4) is 0 Å². The van der Waals surface area contributed by atoms with Gasteiger partial charge in [-0.15, -0.1) is 0 Å². The summed E-state index contributed by atoms with van der Waals surface area (Å²) in [4.78, 5) is 14.8. The van der Waals surface area contributed by atoms with E-state index in [1.54, 1.807) is 24.3 Å². The predicted molar refractivity (Wildman–Crippen MR) is 94.5 cm³/mol. The van der Waals surface area contributed by atoms with E-state index in [9.17, 15) is 9.18 Å². The number of halogens is 2. The summed E-state index contributed by atoms with van der Waals surface area (Å²) in [6, 6.07) is 13.8. The molecule has 1 fully saturated rings. The second kappa shape index (κ2) is 7.77. The molecule has 0 aromatic heterocycles. The third kappa shape index (κ3) is 4.34. The summed E-state index contributed by atoms with van der Waals surface area (Å²) < 4.78 is 13.0. The number of carbonyl (C=O) groups excluding carboxylic acids is 1. The fraction of sp³-hybridized carbons (Fsp3) is 0.316. The van der Waals surface area contributed by atoms with Crippen LogP contribution in [0.15, 0.2) is 48.5 Å². The second-order valence-electron chi connectivity index (χ2n) is 6.17. The van der Waals surface area contributed by atoms with Crippen molar-refractivity contribution in [2.24, 2.45) is 5.92 Å². The van der Waals surface area contributed by atoms with Crippen molar-refractivity contribution >= 4 is 23.2 Å². The summed E-state index contributed by atoms with van der Waals surface area (Å²) in [6.07, 6.45) is 1.85. The number of anilines is 1.